The Labute approximate surface area is 82.5 Å². The molecule has 0 aliphatic carbocycles. The maximum atomic E-state index is 2.38. The van der Waals surface area contributed by atoms with E-state index >= 15 is 0 Å². The summed E-state index contributed by atoms with van der Waals surface area (Å²) in [5.74, 6) is 3.50. The van der Waals surface area contributed by atoms with E-state index in [4.69, 9.17) is 0 Å². The maximum absolute atomic E-state index is 2.38. The molecule has 0 amide bonds. The first-order chi connectivity index (χ1) is 5.45. The van der Waals surface area contributed by atoms with E-state index in [0.29, 0.717) is 5.41 Å². The molecule has 0 fully saturated rings. The van der Waals surface area contributed by atoms with Gasteiger partial charge in [0.2, 0.25) is 0 Å². The summed E-state index contributed by atoms with van der Waals surface area (Å²) in [6.45, 7) is 11.6. The average molecular weight is 188 g/mol. The van der Waals surface area contributed by atoms with E-state index < -0.39 is 0 Å². The van der Waals surface area contributed by atoms with Crippen molar-refractivity contribution in [2.24, 2.45) is 11.3 Å². The second-order valence-electron chi connectivity index (χ2n) is 4.86. The fourth-order valence-corrected chi connectivity index (χ4v) is 2.43. The van der Waals surface area contributed by atoms with Crippen LogP contribution in [0.3, 0.4) is 0 Å². The van der Waals surface area contributed by atoms with Crippen LogP contribution in [0.15, 0.2) is 0 Å². The van der Waals surface area contributed by atoms with E-state index in [2.05, 4.69) is 46.4 Å². The van der Waals surface area contributed by atoms with Gasteiger partial charge in [-0.2, -0.15) is 11.8 Å². The summed E-state index contributed by atoms with van der Waals surface area (Å²) in [5.41, 5.74) is 0.510. The number of thioether (sulfide) groups is 1. The molecule has 0 aromatic heterocycles. The minimum atomic E-state index is 0.510. The molecule has 0 aromatic carbocycles. The molecule has 0 aliphatic heterocycles. The Morgan fingerprint density at radius 3 is 2.25 bits per heavy atom. The van der Waals surface area contributed by atoms with Crippen molar-refractivity contribution in [3.63, 3.8) is 0 Å². The molecule has 0 spiro atoms. The SMILES string of the molecule is CCSCCC(C)CC(C)(C)C. The lowest BCUT2D eigenvalue weighted by molar-refractivity contribution is 0.303. The normalized spacial score (nSPS) is 14.8. The van der Waals surface area contributed by atoms with Gasteiger partial charge in [0.25, 0.3) is 0 Å². The van der Waals surface area contributed by atoms with Crippen LogP contribution >= 0.6 is 11.8 Å². The Kier molecular flexibility index (Phi) is 6.08. The Balaban J connectivity index is 3.40. The monoisotopic (exact) mass is 188 g/mol. The zero-order valence-electron chi connectivity index (χ0n) is 9.31. The van der Waals surface area contributed by atoms with Gasteiger partial charge < -0.3 is 0 Å². The van der Waals surface area contributed by atoms with Crippen LogP contribution in [0.4, 0.5) is 0 Å². The van der Waals surface area contributed by atoms with Gasteiger partial charge in [-0.25, -0.2) is 0 Å². The molecule has 1 heteroatoms. The van der Waals surface area contributed by atoms with E-state index in [-0.39, 0.29) is 0 Å². The molecule has 0 bridgehead atoms. The standard InChI is InChI=1S/C11H24S/c1-6-12-8-7-10(2)9-11(3,4)5/h10H,6-9H2,1-5H3. The molecule has 74 valence electrons. The highest BCUT2D eigenvalue weighted by Gasteiger charge is 2.14. The van der Waals surface area contributed by atoms with Crippen molar-refractivity contribution < 1.29 is 0 Å². The number of rotatable bonds is 5. The predicted molar refractivity (Wildman–Crippen MR) is 60.9 cm³/mol. The molecule has 0 N–H and O–H groups in total. The van der Waals surface area contributed by atoms with Crippen molar-refractivity contribution in [2.45, 2.75) is 47.5 Å². The first-order valence-electron chi connectivity index (χ1n) is 5.03. The van der Waals surface area contributed by atoms with Crippen molar-refractivity contribution in [3.05, 3.63) is 0 Å². The van der Waals surface area contributed by atoms with Gasteiger partial charge in [0, 0.05) is 0 Å². The summed E-state index contributed by atoms with van der Waals surface area (Å²) >= 11 is 2.06. The lowest BCUT2D eigenvalue weighted by Crippen LogP contribution is -2.11. The average Bonchev–Trinajstić information content (AvgIpc) is 1.84. The quantitative estimate of drug-likeness (QED) is 0.583. The first-order valence-corrected chi connectivity index (χ1v) is 6.19. The summed E-state index contributed by atoms with van der Waals surface area (Å²) in [6.07, 6.45) is 2.74. The van der Waals surface area contributed by atoms with Crippen molar-refractivity contribution in [1.82, 2.24) is 0 Å². The highest BCUT2D eigenvalue weighted by Crippen LogP contribution is 2.26. The fraction of sp³-hybridized carbons (Fsp3) is 1.00. The Bertz CT molecular complexity index is 102. The van der Waals surface area contributed by atoms with Crippen molar-refractivity contribution in [1.29, 1.82) is 0 Å². The third-order valence-electron chi connectivity index (χ3n) is 1.92. The summed E-state index contributed by atoms with van der Waals surface area (Å²) in [5, 5.41) is 0. The van der Waals surface area contributed by atoms with Crippen LogP contribution in [0.5, 0.6) is 0 Å². The van der Waals surface area contributed by atoms with E-state index in [1.165, 1.54) is 24.3 Å². The zero-order chi connectivity index (χ0) is 9.61. The first kappa shape index (κ1) is 12.3. The second-order valence-corrected chi connectivity index (χ2v) is 6.25. The predicted octanol–water partition coefficient (Wildman–Crippen LogP) is 4.20. The molecule has 0 heterocycles. The maximum Gasteiger partial charge on any atom is -0.00651 e. The van der Waals surface area contributed by atoms with Crippen LogP contribution in [0.2, 0.25) is 0 Å². The minimum absolute atomic E-state index is 0.510. The fourth-order valence-electron chi connectivity index (χ4n) is 1.58. The molecule has 0 saturated carbocycles. The highest BCUT2D eigenvalue weighted by atomic mass is 32.2. The summed E-state index contributed by atoms with van der Waals surface area (Å²) in [4.78, 5) is 0. The van der Waals surface area contributed by atoms with Gasteiger partial charge in [-0.1, -0.05) is 34.6 Å². The Morgan fingerprint density at radius 2 is 1.83 bits per heavy atom. The zero-order valence-corrected chi connectivity index (χ0v) is 10.1. The van der Waals surface area contributed by atoms with Crippen LogP contribution in [-0.2, 0) is 0 Å². The molecule has 1 atom stereocenters. The van der Waals surface area contributed by atoms with Crippen LogP contribution in [0.25, 0.3) is 0 Å². The molecular formula is C11H24S. The van der Waals surface area contributed by atoms with Gasteiger partial charge in [-0.3, -0.25) is 0 Å². The smallest absolute Gasteiger partial charge is 0.00651 e. The largest absolute Gasteiger partial charge is 0.162 e. The lowest BCUT2D eigenvalue weighted by Gasteiger charge is -2.22. The Morgan fingerprint density at radius 1 is 1.25 bits per heavy atom. The third-order valence-corrected chi connectivity index (χ3v) is 2.85. The van der Waals surface area contributed by atoms with Gasteiger partial charge >= 0.3 is 0 Å². The molecule has 0 rings (SSSR count). The third kappa shape index (κ3) is 8.45. The Hall–Kier alpha value is 0.350. The number of hydrogen-bond acceptors (Lipinski definition) is 1. The van der Waals surface area contributed by atoms with E-state index in [0.717, 1.165) is 5.92 Å². The molecule has 0 nitrogen and oxygen atoms in total. The van der Waals surface area contributed by atoms with Crippen LogP contribution in [0.1, 0.15) is 47.5 Å². The van der Waals surface area contributed by atoms with E-state index in [1.54, 1.807) is 0 Å². The molecule has 0 radical (unpaired) electrons. The van der Waals surface area contributed by atoms with Gasteiger partial charge in [-0.15, -0.1) is 0 Å². The lowest BCUT2D eigenvalue weighted by atomic mass is 9.84. The molecule has 0 aliphatic rings. The number of hydrogen-bond donors (Lipinski definition) is 0. The molecule has 1 unspecified atom stereocenters. The minimum Gasteiger partial charge on any atom is -0.162 e. The van der Waals surface area contributed by atoms with Crippen molar-refractivity contribution >= 4 is 11.8 Å². The van der Waals surface area contributed by atoms with Crippen LogP contribution in [-0.4, -0.2) is 11.5 Å². The van der Waals surface area contributed by atoms with Gasteiger partial charge in [0.05, 0.1) is 0 Å². The summed E-state index contributed by atoms with van der Waals surface area (Å²) in [7, 11) is 0. The topological polar surface area (TPSA) is 0 Å². The van der Waals surface area contributed by atoms with Crippen LogP contribution in [0, 0.1) is 11.3 Å². The van der Waals surface area contributed by atoms with Crippen molar-refractivity contribution in [3.8, 4) is 0 Å². The molecular weight excluding hydrogens is 164 g/mol. The second kappa shape index (κ2) is 5.90. The highest BCUT2D eigenvalue weighted by molar-refractivity contribution is 7.99. The molecule has 0 aromatic rings. The van der Waals surface area contributed by atoms with Gasteiger partial charge in [0.15, 0.2) is 0 Å². The summed E-state index contributed by atoms with van der Waals surface area (Å²) in [6, 6.07) is 0. The van der Waals surface area contributed by atoms with Gasteiger partial charge in [-0.05, 0) is 35.7 Å². The van der Waals surface area contributed by atoms with E-state index in [9.17, 15) is 0 Å². The molecule has 0 saturated heterocycles. The summed E-state index contributed by atoms with van der Waals surface area (Å²) < 4.78 is 0. The molecule has 12 heavy (non-hydrogen) atoms. The van der Waals surface area contributed by atoms with E-state index in [1.807, 2.05) is 0 Å². The van der Waals surface area contributed by atoms with Crippen LogP contribution < -0.4 is 0 Å². The van der Waals surface area contributed by atoms with Gasteiger partial charge in [0.1, 0.15) is 0 Å². The van der Waals surface area contributed by atoms with Crippen molar-refractivity contribution in [2.75, 3.05) is 11.5 Å².